The molecule has 7 heteroatoms. The van der Waals surface area contributed by atoms with Gasteiger partial charge in [0.05, 0.1) is 29.6 Å². The molecule has 2 aromatic rings. The lowest BCUT2D eigenvalue weighted by molar-refractivity contribution is -0.130. The molecule has 0 fully saturated rings. The van der Waals surface area contributed by atoms with Gasteiger partial charge in [-0.15, -0.1) is 0 Å². The summed E-state index contributed by atoms with van der Waals surface area (Å²) in [6.07, 6.45) is -0.889. The highest BCUT2D eigenvalue weighted by Crippen LogP contribution is 2.38. The lowest BCUT2D eigenvalue weighted by Crippen LogP contribution is -2.60. The van der Waals surface area contributed by atoms with Gasteiger partial charge in [0.2, 0.25) is 5.91 Å². The Bertz CT molecular complexity index is 994. The summed E-state index contributed by atoms with van der Waals surface area (Å²) in [5.74, 6) is 0.121. The van der Waals surface area contributed by atoms with Gasteiger partial charge >= 0.3 is 0 Å². The first-order chi connectivity index (χ1) is 13.8. The molecule has 3 rings (SSSR count). The average molecular weight is 393 g/mol. The van der Waals surface area contributed by atoms with Crippen molar-refractivity contribution in [1.29, 1.82) is 5.26 Å². The Hall–Kier alpha value is -3.53. The van der Waals surface area contributed by atoms with Crippen LogP contribution < -0.4 is 19.7 Å². The fourth-order valence-electron chi connectivity index (χ4n) is 3.21. The third kappa shape index (κ3) is 3.74. The molecule has 0 unspecified atom stereocenters. The van der Waals surface area contributed by atoms with Gasteiger partial charge in [-0.2, -0.15) is 5.26 Å². The molecule has 1 atom stereocenters. The molecule has 0 aromatic heterocycles. The van der Waals surface area contributed by atoms with Crippen LogP contribution in [0.1, 0.15) is 33.3 Å². The van der Waals surface area contributed by atoms with Crippen LogP contribution >= 0.6 is 0 Å². The number of benzene rings is 2. The molecule has 2 aromatic carbocycles. The zero-order valence-electron chi connectivity index (χ0n) is 16.9. The first-order valence-electron chi connectivity index (χ1n) is 9.37. The molecule has 0 saturated carbocycles. The second-order valence-electron chi connectivity index (χ2n) is 7.17. The van der Waals surface area contributed by atoms with Gasteiger partial charge < -0.3 is 14.8 Å². The minimum Gasteiger partial charge on any atom is -0.490 e. The number of fused-ring (bicyclic) bond motifs is 1. The van der Waals surface area contributed by atoms with Crippen LogP contribution in [0.4, 0.5) is 11.4 Å². The number of carbonyl (C=O) groups excluding carboxylic acids is 2. The third-order valence-corrected chi connectivity index (χ3v) is 4.75. The quantitative estimate of drug-likeness (QED) is 0.840. The topological polar surface area (TPSA) is 91.7 Å². The maximum Gasteiger partial charge on any atom is 0.268 e. The van der Waals surface area contributed by atoms with Crippen LogP contribution in [0, 0.1) is 11.3 Å². The van der Waals surface area contributed by atoms with E-state index in [-0.39, 0.29) is 11.8 Å². The summed E-state index contributed by atoms with van der Waals surface area (Å²) >= 11 is 0. The number of para-hydroxylation sites is 2. The van der Waals surface area contributed by atoms with Gasteiger partial charge in [0.1, 0.15) is 5.54 Å². The Morgan fingerprint density at radius 3 is 2.66 bits per heavy atom. The SMILES string of the molecule is CCOc1cc(C#N)ccc1O[C@@H](C)C(=O)N1c2ccccc2NC(=O)C1(C)C. The summed E-state index contributed by atoms with van der Waals surface area (Å²) in [5.41, 5.74) is 0.534. The van der Waals surface area contributed by atoms with Crippen molar-refractivity contribution < 1.29 is 19.1 Å². The second kappa shape index (κ2) is 7.84. The van der Waals surface area contributed by atoms with E-state index in [4.69, 9.17) is 14.7 Å². The van der Waals surface area contributed by atoms with E-state index in [2.05, 4.69) is 11.4 Å². The van der Waals surface area contributed by atoms with Crippen LogP contribution in [0.15, 0.2) is 42.5 Å². The fourth-order valence-corrected chi connectivity index (χ4v) is 3.21. The molecule has 150 valence electrons. The molecule has 0 radical (unpaired) electrons. The van der Waals surface area contributed by atoms with Crippen molar-refractivity contribution in [3.63, 3.8) is 0 Å². The standard InChI is InChI=1S/C22H23N3O4/c1-5-28-19-12-15(13-23)10-11-18(19)29-14(2)20(26)25-17-9-7-6-8-16(17)24-21(27)22(25,3)4/h6-12,14H,5H2,1-4H3,(H,24,27)/t14-/m0/s1. The van der Waals surface area contributed by atoms with Gasteiger partial charge in [0.25, 0.3) is 5.91 Å². The van der Waals surface area contributed by atoms with Crippen LogP contribution in [0.3, 0.4) is 0 Å². The highest BCUT2D eigenvalue weighted by molar-refractivity contribution is 6.14. The Balaban J connectivity index is 1.93. The van der Waals surface area contributed by atoms with Gasteiger partial charge in [0, 0.05) is 6.07 Å². The van der Waals surface area contributed by atoms with Crippen LogP contribution in [-0.4, -0.2) is 30.1 Å². The number of hydrogen-bond donors (Lipinski definition) is 1. The normalized spacial score (nSPS) is 15.6. The van der Waals surface area contributed by atoms with Crippen LogP contribution in [0.5, 0.6) is 11.5 Å². The van der Waals surface area contributed by atoms with Crippen LogP contribution in [0.2, 0.25) is 0 Å². The second-order valence-corrected chi connectivity index (χ2v) is 7.17. The molecule has 1 aliphatic rings. The average Bonchev–Trinajstić information content (AvgIpc) is 2.69. The molecule has 1 heterocycles. The molecular formula is C22H23N3O4. The lowest BCUT2D eigenvalue weighted by atomic mass is 9.95. The number of nitrogens with zero attached hydrogens (tertiary/aromatic N) is 2. The number of nitrogens with one attached hydrogen (secondary N) is 1. The number of anilines is 2. The van der Waals surface area contributed by atoms with Crippen molar-refractivity contribution >= 4 is 23.2 Å². The summed E-state index contributed by atoms with van der Waals surface area (Å²) in [5, 5.41) is 11.9. The number of ether oxygens (including phenoxy) is 2. The van der Waals surface area contributed by atoms with E-state index in [0.717, 1.165) is 0 Å². The van der Waals surface area contributed by atoms with Crippen molar-refractivity contribution in [2.75, 3.05) is 16.8 Å². The minimum absolute atomic E-state index is 0.273. The predicted octanol–water partition coefficient (Wildman–Crippen LogP) is 3.49. The highest BCUT2D eigenvalue weighted by Gasteiger charge is 2.45. The van der Waals surface area contributed by atoms with Crippen LogP contribution in [-0.2, 0) is 9.59 Å². The van der Waals surface area contributed by atoms with Crippen molar-refractivity contribution in [2.45, 2.75) is 39.3 Å². The van der Waals surface area contributed by atoms with E-state index in [9.17, 15) is 9.59 Å². The Morgan fingerprint density at radius 2 is 1.97 bits per heavy atom. The zero-order valence-corrected chi connectivity index (χ0v) is 16.9. The highest BCUT2D eigenvalue weighted by atomic mass is 16.5. The van der Waals surface area contributed by atoms with Gasteiger partial charge in [-0.3, -0.25) is 14.5 Å². The molecule has 29 heavy (non-hydrogen) atoms. The lowest BCUT2D eigenvalue weighted by Gasteiger charge is -2.42. The zero-order chi connectivity index (χ0) is 21.2. The maximum absolute atomic E-state index is 13.3. The molecule has 2 amide bonds. The molecular weight excluding hydrogens is 370 g/mol. The Morgan fingerprint density at radius 1 is 1.24 bits per heavy atom. The van der Waals surface area contributed by atoms with E-state index < -0.39 is 11.6 Å². The van der Waals surface area contributed by atoms with Gasteiger partial charge in [-0.25, -0.2) is 0 Å². The molecule has 1 aliphatic heterocycles. The fraction of sp³-hybridized carbons (Fsp3) is 0.318. The van der Waals surface area contributed by atoms with Gasteiger partial charge in [-0.05, 0) is 52.0 Å². The molecule has 0 bridgehead atoms. The van der Waals surface area contributed by atoms with Crippen molar-refractivity contribution in [2.24, 2.45) is 0 Å². The van der Waals surface area contributed by atoms with E-state index in [0.29, 0.717) is 35.0 Å². The third-order valence-electron chi connectivity index (χ3n) is 4.75. The maximum atomic E-state index is 13.3. The number of rotatable bonds is 5. The van der Waals surface area contributed by atoms with Crippen molar-refractivity contribution in [3.05, 3.63) is 48.0 Å². The van der Waals surface area contributed by atoms with E-state index in [1.807, 2.05) is 13.0 Å². The summed E-state index contributed by atoms with van der Waals surface area (Å²) in [6, 6.07) is 14.0. The molecule has 0 saturated heterocycles. The van der Waals surface area contributed by atoms with Gasteiger partial charge in [0.15, 0.2) is 17.6 Å². The largest absolute Gasteiger partial charge is 0.490 e. The van der Waals surface area contributed by atoms with Crippen LogP contribution in [0.25, 0.3) is 0 Å². The number of amides is 2. The summed E-state index contributed by atoms with van der Waals surface area (Å²) in [4.78, 5) is 27.4. The van der Waals surface area contributed by atoms with E-state index in [1.165, 1.54) is 4.90 Å². The summed E-state index contributed by atoms with van der Waals surface area (Å²) in [6.45, 7) is 7.22. The first-order valence-corrected chi connectivity index (χ1v) is 9.37. The van der Waals surface area contributed by atoms with Gasteiger partial charge in [-0.1, -0.05) is 12.1 Å². The number of hydrogen-bond acceptors (Lipinski definition) is 5. The monoisotopic (exact) mass is 393 g/mol. The van der Waals surface area contributed by atoms with Crippen molar-refractivity contribution in [3.8, 4) is 17.6 Å². The molecule has 0 spiro atoms. The predicted molar refractivity (Wildman–Crippen MR) is 109 cm³/mol. The number of carbonyl (C=O) groups is 2. The smallest absolute Gasteiger partial charge is 0.268 e. The van der Waals surface area contributed by atoms with Crippen molar-refractivity contribution in [1.82, 2.24) is 0 Å². The Labute approximate surface area is 169 Å². The number of nitriles is 1. The summed E-state index contributed by atoms with van der Waals surface area (Å²) in [7, 11) is 0. The van der Waals surface area contributed by atoms with E-state index in [1.54, 1.807) is 57.2 Å². The molecule has 0 aliphatic carbocycles. The first kappa shape index (κ1) is 20.2. The minimum atomic E-state index is -1.09. The molecule has 7 nitrogen and oxygen atoms in total. The summed E-state index contributed by atoms with van der Waals surface area (Å²) < 4.78 is 11.5. The Kier molecular flexibility index (Phi) is 5.46. The van der Waals surface area contributed by atoms with E-state index >= 15 is 0 Å². The molecule has 1 N–H and O–H groups in total.